The van der Waals surface area contributed by atoms with E-state index < -0.39 is 10.0 Å². The van der Waals surface area contributed by atoms with Crippen LogP contribution < -0.4 is 10.0 Å². The van der Waals surface area contributed by atoms with E-state index >= 15 is 0 Å². The quantitative estimate of drug-likeness (QED) is 0.846. The van der Waals surface area contributed by atoms with Gasteiger partial charge in [-0.1, -0.05) is 11.3 Å². The summed E-state index contributed by atoms with van der Waals surface area (Å²) in [6.07, 6.45) is 2.79. The standard InChI is InChI=1S/C11H15N5O2S/c1-16-11(8-13-15-16)7-12-9-4-3-5-10(6-9)14-19(2,17)18/h3-6,8,12,14H,7H2,1-2H3. The summed E-state index contributed by atoms with van der Waals surface area (Å²) in [5.41, 5.74) is 2.27. The SMILES string of the molecule is Cn1nncc1CNc1cccc(NS(C)(=O)=O)c1. The van der Waals surface area contributed by atoms with Crippen molar-refractivity contribution in [1.82, 2.24) is 15.0 Å². The summed E-state index contributed by atoms with van der Waals surface area (Å²) in [4.78, 5) is 0. The monoisotopic (exact) mass is 281 g/mol. The lowest BCUT2D eigenvalue weighted by atomic mass is 10.3. The van der Waals surface area contributed by atoms with Gasteiger partial charge in [0.1, 0.15) is 0 Å². The van der Waals surface area contributed by atoms with Crippen molar-refractivity contribution in [2.24, 2.45) is 7.05 Å². The highest BCUT2D eigenvalue weighted by Gasteiger charge is 2.03. The molecule has 0 saturated carbocycles. The zero-order chi connectivity index (χ0) is 13.9. The van der Waals surface area contributed by atoms with E-state index in [1.165, 1.54) is 0 Å². The summed E-state index contributed by atoms with van der Waals surface area (Å²) in [6.45, 7) is 0.561. The highest BCUT2D eigenvalue weighted by Crippen LogP contribution is 2.16. The smallest absolute Gasteiger partial charge is 0.229 e. The van der Waals surface area contributed by atoms with Gasteiger partial charge < -0.3 is 5.32 Å². The van der Waals surface area contributed by atoms with Crippen LogP contribution in [0.25, 0.3) is 0 Å². The Balaban J connectivity index is 2.05. The van der Waals surface area contributed by atoms with Crippen molar-refractivity contribution in [3.8, 4) is 0 Å². The molecular formula is C11H15N5O2S. The lowest BCUT2D eigenvalue weighted by Crippen LogP contribution is -2.10. The molecule has 1 aromatic carbocycles. The molecule has 0 amide bonds. The fraction of sp³-hybridized carbons (Fsp3) is 0.273. The fourth-order valence-electron chi connectivity index (χ4n) is 1.57. The van der Waals surface area contributed by atoms with Crippen LogP contribution in [0.4, 0.5) is 11.4 Å². The molecule has 0 aliphatic rings. The van der Waals surface area contributed by atoms with Crippen molar-refractivity contribution in [3.63, 3.8) is 0 Å². The van der Waals surface area contributed by atoms with Gasteiger partial charge in [0, 0.05) is 12.7 Å². The summed E-state index contributed by atoms with van der Waals surface area (Å²) in [7, 11) is -1.45. The Kier molecular flexibility index (Phi) is 3.70. The third-order valence-corrected chi connectivity index (χ3v) is 3.05. The van der Waals surface area contributed by atoms with Gasteiger partial charge in [-0.3, -0.25) is 9.40 Å². The van der Waals surface area contributed by atoms with E-state index in [2.05, 4.69) is 20.4 Å². The number of nitrogens with zero attached hydrogens (tertiary/aromatic N) is 3. The number of hydrogen-bond donors (Lipinski definition) is 2. The maximum absolute atomic E-state index is 11.1. The van der Waals surface area contributed by atoms with Crippen LogP contribution in [0.3, 0.4) is 0 Å². The second-order valence-electron chi connectivity index (χ2n) is 4.16. The van der Waals surface area contributed by atoms with Crippen LogP contribution in [0.5, 0.6) is 0 Å². The van der Waals surface area contributed by atoms with Crippen LogP contribution >= 0.6 is 0 Å². The first-order chi connectivity index (χ1) is 8.94. The van der Waals surface area contributed by atoms with Crippen LogP contribution in [0.2, 0.25) is 0 Å². The van der Waals surface area contributed by atoms with Crippen LogP contribution in [0, 0.1) is 0 Å². The second kappa shape index (κ2) is 5.27. The van der Waals surface area contributed by atoms with Crippen molar-refractivity contribution in [2.45, 2.75) is 6.54 Å². The van der Waals surface area contributed by atoms with Crippen LogP contribution in [0.1, 0.15) is 5.69 Å². The Labute approximate surface area is 111 Å². The molecule has 2 N–H and O–H groups in total. The minimum atomic E-state index is -3.26. The van der Waals surface area contributed by atoms with Crippen molar-refractivity contribution in [2.75, 3.05) is 16.3 Å². The Morgan fingerprint density at radius 1 is 1.32 bits per heavy atom. The molecule has 0 unspecified atom stereocenters. The summed E-state index contributed by atoms with van der Waals surface area (Å²) < 4.78 is 26.4. The molecule has 102 valence electrons. The molecule has 7 nitrogen and oxygen atoms in total. The highest BCUT2D eigenvalue weighted by molar-refractivity contribution is 7.92. The van der Waals surface area contributed by atoms with E-state index in [0.29, 0.717) is 12.2 Å². The van der Waals surface area contributed by atoms with E-state index in [1.807, 2.05) is 13.1 Å². The predicted octanol–water partition coefficient (Wildman–Crippen LogP) is 0.799. The van der Waals surface area contributed by atoms with E-state index in [4.69, 9.17) is 0 Å². The summed E-state index contributed by atoms with van der Waals surface area (Å²) in [6, 6.07) is 7.05. The van der Waals surface area contributed by atoms with E-state index in [-0.39, 0.29) is 0 Å². The Morgan fingerprint density at radius 3 is 2.68 bits per heavy atom. The molecule has 0 radical (unpaired) electrons. The van der Waals surface area contributed by atoms with Crippen LogP contribution in [-0.2, 0) is 23.6 Å². The van der Waals surface area contributed by atoms with E-state index in [0.717, 1.165) is 17.6 Å². The lowest BCUT2D eigenvalue weighted by Gasteiger charge is -2.09. The topological polar surface area (TPSA) is 88.9 Å². The van der Waals surface area contributed by atoms with Gasteiger partial charge >= 0.3 is 0 Å². The molecule has 0 fully saturated rings. The lowest BCUT2D eigenvalue weighted by molar-refractivity contribution is 0.607. The average Bonchev–Trinajstić information content (AvgIpc) is 2.70. The minimum Gasteiger partial charge on any atom is -0.379 e. The molecule has 1 aromatic heterocycles. The number of rotatable bonds is 5. The van der Waals surface area contributed by atoms with Crippen LogP contribution in [-0.4, -0.2) is 29.7 Å². The maximum Gasteiger partial charge on any atom is 0.229 e. The number of sulfonamides is 1. The van der Waals surface area contributed by atoms with Gasteiger partial charge in [-0.25, -0.2) is 8.42 Å². The minimum absolute atomic E-state index is 0.524. The third kappa shape index (κ3) is 3.95. The molecule has 0 atom stereocenters. The number of nitrogens with one attached hydrogen (secondary N) is 2. The van der Waals surface area contributed by atoms with Gasteiger partial charge in [0.25, 0.3) is 0 Å². The van der Waals surface area contributed by atoms with Gasteiger partial charge in [0.15, 0.2) is 0 Å². The third-order valence-electron chi connectivity index (χ3n) is 2.45. The van der Waals surface area contributed by atoms with Crippen LogP contribution in [0.15, 0.2) is 30.5 Å². The van der Waals surface area contributed by atoms with Gasteiger partial charge in [-0.2, -0.15) is 0 Å². The molecule has 19 heavy (non-hydrogen) atoms. The largest absolute Gasteiger partial charge is 0.379 e. The Hall–Kier alpha value is -2.09. The fourth-order valence-corrected chi connectivity index (χ4v) is 2.13. The zero-order valence-electron chi connectivity index (χ0n) is 10.7. The van der Waals surface area contributed by atoms with E-state index in [9.17, 15) is 8.42 Å². The van der Waals surface area contributed by atoms with Crippen molar-refractivity contribution >= 4 is 21.4 Å². The Bertz CT molecular complexity index is 665. The molecule has 2 rings (SSSR count). The van der Waals surface area contributed by atoms with Crippen molar-refractivity contribution in [1.29, 1.82) is 0 Å². The average molecular weight is 281 g/mol. The van der Waals surface area contributed by atoms with Gasteiger partial charge in [-0.15, -0.1) is 5.10 Å². The Morgan fingerprint density at radius 2 is 2.05 bits per heavy atom. The number of aromatic nitrogens is 3. The van der Waals surface area contributed by atoms with Crippen molar-refractivity contribution in [3.05, 3.63) is 36.2 Å². The van der Waals surface area contributed by atoms with Gasteiger partial charge in [-0.05, 0) is 18.2 Å². The molecule has 0 saturated heterocycles. The van der Waals surface area contributed by atoms with Gasteiger partial charge in [0.2, 0.25) is 10.0 Å². The first kappa shape index (κ1) is 13.3. The number of anilines is 2. The molecule has 0 bridgehead atoms. The number of aryl methyl sites for hydroxylation is 1. The molecule has 0 aliphatic carbocycles. The first-order valence-electron chi connectivity index (χ1n) is 5.59. The maximum atomic E-state index is 11.1. The predicted molar refractivity (Wildman–Crippen MR) is 73.2 cm³/mol. The van der Waals surface area contributed by atoms with E-state index in [1.54, 1.807) is 29.1 Å². The summed E-state index contributed by atoms with van der Waals surface area (Å²) >= 11 is 0. The molecular weight excluding hydrogens is 266 g/mol. The molecule has 0 spiro atoms. The summed E-state index contributed by atoms with van der Waals surface area (Å²) in [5.74, 6) is 0. The number of benzene rings is 1. The molecule has 2 aromatic rings. The first-order valence-corrected chi connectivity index (χ1v) is 7.48. The molecule has 1 heterocycles. The van der Waals surface area contributed by atoms with Crippen molar-refractivity contribution < 1.29 is 8.42 Å². The summed E-state index contributed by atoms with van der Waals surface area (Å²) in [5, 5.41) is 10.8. The highest BCUT2D eigenvalue weighted by atomic mass is 32.2. The second-order valence-corrected chi connectivity index (χ2v) is 5.91. The zero-order valence-corrected chi connectivity index (χ0v) is 11.5. The molecule has 0 aliphatic heterocycles. The normalized spacial score (nSPS) is 11.3. The van der Waals surface area contributed by atoms with Gasteiger partial charge in [0.05, 0.1) is 30.4 Å². The number of hydrogen-bond acceptors (Lipinski definition) is 5. The molecule has 8 heteroatoms.